The van der Waals surface area contributed by atoms with Crippen molar-refractivity contribution < 1.29 is 13.9 Å². The highest BCUT2D eigenvalue weighted by molar-refractivity contribution is 6.33. The third-order valence-corrected chi connectivity index (χ3v) is 4.33. The molecule has 6 nitrogen and oxygen atoms in total. The second kappa shape index (κ2) is 8.64. The van der Waals surface area contributed by atoms with Crippen LogP contribution in [0.2, 0.25) is 5.02 Å². The Kier molecular flexibility index (Phi) is 6.52. The Bertz CT molecular complexity index is 900. The van der Waals surface area contributed by atoms with Crippen LogP contribution in [0.3, 0.4) is 0 Å². The van der Waals surface area contributed by atoms with Crippen molar-refractivity contribution in [2.45, 2.75) is 13.3 Å². The van der Waals surface area contributed by atoms with E-state index in [4.69, 9.17) is 33.5 Å². The first-order valence-electron chi connectivity index (χ1n) is 8.27. The number of benzene rings is 2. The number of methoxy groups -OCH3 is 1. The second-order valence-electron chi connectivity index (χ2n) is 5.81. The summed E-state index contributed by atoms with van der Waals surface area (Å²) < 4.78 is 19.7. The van der Waals surface area contributed by atoms with Gasteiger partial charge in [-0.3, -0.25) is 4.79 Å². The first-order chi connectivity index (χ1) is 12.8. The van der Waals surface area contributed by atoms with Crippen molar-refractivity contribution >= 4 is 28.9 Å². The Hall–Kier alpha value is -2.93. The zero-order valence-corrected chi connectivity index (χ0v) is 15.9. The molecule has 144 valence electrons. The number of hydrogen-bond acceptors (Lipinski definition) is 5. The largest absolute Gasteiger partial charge is 0.497 e. The molecule has 0 radical (unpaired) electrons. The molecule has 2 aromatic rings. The van der Waals surface area contributed by atoms with Crippen molar-refractivity contribution in [1.29, 1.82) is 0 Å². The van der Waals surface area contributed by atoms with Crippen LogP contribution in [-0.2, 0) is 4.79 Å². The molecule has 2 aromatic carbocycles. The van der Waals surface area contributed by atoms with Crippen LogP contribution in [0.4, 0.5) is 10.1 Å². The van der Waals surface area contributed by atoms with Gasteiger partial charge in [0.25, 0.3) is 5.91 Å². The maximum atomic E-state index is 14.6. The summed E-state index contributed by atoms with van der Waals surface area (Å²) in [5.41, 5.74) is 18.5. The predicted molar refractivity (Wildman–Crippen MR) is 106 cm³/mol. The van der Waals surface area contributed by atoms with Crippen LogP contribution in [0.1, 0.15) is 18.9 Å². The Morgan fingerprint density at radius 3 is 2.59 bits per heavy atom. The minimum atomic E-state index is -0.590. The number of nitrogen functional groups attached to an aromatic ring is 1. The highest BCUT2D eigenvalue weighted by Crippen LogP contribution is 2.39. The number of hydrogen-bond donors (Lipinski definition) is 4. The number of nitrogens with one attached hydrogen (secondary N) is 1. The van der Waals surface area contributed by atoms with Crippen LogP contribution in [0.25, 0.3) is 16.8 Å². The lowest BCUT2D eigenvalue weighted by Gasteiger charge is -2.16. The molecule has 0 unspecified atom stereocenters. The second-order valence-corrected chi connectivity index (χ2v) is 6.22. The van der Waals surface area contributed by atoms with Gasteiger partial charge in [0.05, 0.1) is 18.5 Å². The molecule has 7 N–H and O–H groups in total. The molecule has 0 aliphatic carbocycles. The van der Waals surface area contributed by atoms with Gasteiger partial charge in [0.2, 0.25) is 0 Å². The van der Waals surface area contributed by atoms with Crippen LogP contribution >= 0.6 is 11.6 Å². The van der Waals surface area contributed by atoms with E-state index >= 15 is 0 Å². The number of nitrogens with two attached hydrogens (primary N) is 3. The van der Waals surface area contributed by atoms with Gasteiger partial charge in [-0.15, -0.1) is 0 Å². The van der Waals surface area contributed by atoms with Gasteiger partial charge in [-0.1, -0.05) is 18.5 Å². The number of carbonyl (C=O) groups is 1. The zero-order chi connectivity index (χ0) is 20.1. The molecule has 0 bridgehead atoms. The Morgan fingerprint density at radius 2 is 1.96 bits per heavy atom. The summed E-state index contributed by atoms with van der Waals surface area (Å²) in [7, 11) is 1.49. The molecular formula is C19H22ClFN4O2. The fourth-order valence-corrected chi connectivity index (χ4v) is 2.74. The molecule has 1 amide bonds. The first kappa shape index (κ1) is 20.4. The third-order valence-electron chi connectivity index (χ3n) is 4.00. The molecule has 8 heteroatoms. The molecule has 0 saturated carbocycles. The van der Waals surface area contributed by atoms with Crippen molar-refractivity contribution in [3.63, 3.8) is 0 Å². The first-order valence-corrected chi connectivity index (χ1v) is 8.65. The lowest BCUT2D eigenvalue weighted by molar-refractivity contribution is -0.117. The number of carbonyl (C=O) groups excluding carboxylic acids is 1. The van der Waals surface area contributed by atoms with Crippen molar-refractivity contribution in [2.24, 2.45) is 11.5 Å². The van der Waals surface area contributed by atoms with E-state index < -0.39 is 11.7 Å². The number of amides is 1. The molecule has 0 heterocycles. The van der Waals surface area contributed by atoms with Gasteiger partial charge < -0.3 is 27.3 Å². The van der Waals surface area contributed by atoms with E-state index in [1.807, 2.05) is 6.92 Å². The fraction of sp³-hybridized carbons (Fsp3) is 0.211. The van der Waals surface area contributed by atoms with Crippen LogP contribution in [-0.4, -0.2) is 19.6 Å². The van der Waals surface area contributed by atoms with E-state index in [2.05, 4.69) is 5.32 Å². The summed E-state index contributed by atoms with van der Waals surface area (Å²) in [6, 6.07) is 7.36. The monoisotopic (exact) mass is 392 g/mol. The van der Waals surface area contributed by atoms with Crippen molar-refractivity contribution in [2.75, 3.05) is 19.4 Å². The summed E-state index contributed by atoms with van der Waals surface area (Å²) in [5.74, 6) is -0.618. The summed E-state index contributed by atoms with van der Waals surface area (Å²) in [6.07, 6.45) is 0.746. The van der Waals surface area contributed by atoms with Gasteiger partial charge in [0.15, 0.2) is 0 Å². The lowest BCUT2D eigenvalue weighted by atomic mass is 9.97. The van der Waals surface area contributed by atoms with Crippen LogP contribution in [0, 0.1) is 5.82 Å². The average Bonchev–Trinajstić information content (AvgIpc) is 2.66. The number of halogens is 2. The van der Waals surface area contributed by atoms with E-state index in [1.165, 1.54) is 19.2 Å². The molecule has 0 saturated heterocycles. The highest BCUT2D eigenvalue weighted by Gasteiger charge is 2.20. The molecule has 0 aliphatic rings. The summed E-state index contributed by atoms with van der Waals surface area (Å²) in [4.78, 5) is 12.1. The van der Waals surface area contributed by atoms with Crippen LogP contribution < -0.4 is 27.3 Å². The zero-order valence-electron chi connectivity index (χ0n) is 15.1. The smallest absolute Gasteiger partial charge is 0.269 e. The Balaban J connectivity index is 2.61. The minimum absolute atomic E-state index is 0.0221. The van der Waals surface area contributed by atoms with Gasteiger partial charge in [0.1, 0.15) is 17.3 Å². The topological polar surface area (TPSA) is 116 Å². The van der Waals surface area contributed by atoms with Gasteiger partial charge in [-0.25, -0.2) is 4.39 Å². The van der Waals surface area contributed by atoms with Crippen LogP contribution in [0.15, 0.2) is 36.0 Å². The predicted octanol–water partition coefficient (Wildman–Crippen LogP) is 2.85. The maximum Gasteiger partial charge on any atom is 0.269 e. The Morgan fingerprint density at radius 1 is 1.26 bits per heavy atom. The number of rotatable bonds is 6. The maximum absolute atomic E-state index is 14.6. The molecule has 0 aliphatic heterocycles. The van der Waals surface area contributed by atoms with Gasteiger partial charge >= 0.3 is 0 Å². The van der Waals surface area contributed by atoms with E-state index in [-0.39, 0.29) is 33.2 Å². The van der Waals surface area contributed by atoms with Crippen molar-refractivity contribution in [3.8, 4) is 16.9 Å². The van der Waals surface area contributed by atoms with E-state index in [0.29, 0.717) is 17.9 Å². The molecule has 0 atom stereocenters. The summed E-state index contributed by atoms with van der Waals surface area (Å²) >= 11 is 6.22. The molecule has 27 heavy (non-hydrogen) atoms. The molecule has 0 aromatic heterocycles. The quantitative estimate of drug-likeness (QED) is 0.445. The van der Waals surface area contributed by atoms with Gasteiger partial charge in [-0.2, -0.15) is 0 Å². The average molecular weight is 393 g/mol. The van der Waals surface area contributed by atoms with E-state index in [1.54, 1.807) is 18.2 Å². The highest BCUT2D eigenvalue weighted by atomic mass is 35.5. The molecule has 0 spiro atoms. The fourth-order valence-electron chi connectivity index (χ4n) is 2.53. The van der Waals surface area contributed by atoms with Crippen molar-refractivity contribution in [1.82, 2.24) is 5.32 Å². The Labute approximate surface area is 162 Å². The molecule has 0 fully saturated rings. The van der Waals surface area contributed by atoms with Gasteiger partial charge in [0, 0.05) is 28.3 Å². The normalized spacial score (nSPS) is 11.7. The van der Waals surface area contributed by atoms with Crippen LogP contribution in [0.5, 0.6) is 5.75 Å². The minimum Gasteiger partial charge on any atom is -0.497 e. The SMILES string of the molecule is CCCNC(=O)/C(N)=C(\N)c1ccc(F)c(-c2cc(OC)ccc2Cl)c1N. The molecular weight excluding hydrogens is 371 g/mol. The standard InChI is InChI=1S/C19H22ClFN4O2/c1-3-8-25-19(26)18(24)17(23)11-5-7-14(21)15(16(11)22)12-9-10(27-2)4-6-13(12)20/h4-7,9H,3,8,22-24H2,1-2H3,(H,25,26)/b18-17+. The van der Waals surface area contributed by atoms with Gasteiger partial charge in [-0.05, 0) is 36.8 Å². The number of anilines is 1. The molecule has 2 rings (SSSR count). The van der Waals surface area contributed by atoms with Crippen molar-refractivity contribution in [3.05, 3.63) is 52.4 Å². The van der Waals surface area contributed by atoms with E-state index in [0.717, 1.165) is 6.42 Å². The lowest BCUT2D eigenvalue weighted by Crippen LogP contribution is -2.31. The summed E-state index contributed by atoms with van der Waals surface area (Å²) in [6.45, 7) is 2.36. The third kappa shape index (κ3) is 4.25. The number of ether oxygens (including phenoxy) is 1. The summed E-state index contributed by atoms with van der Waals surface area (Å²) in [5, 5.41) is 2.92. The van der Waals surface area contributed by atoms with E-state index in [9.17, 15) is 9.18 Å².